The second-order valence-electron chi connectivity index (χ2n) is 4.63. The maximum Gasteiger partial charge on any atom is 0.130 e. The van der Waals surface area contributed by atoms with E-state index in [0.29, 0.717) is 0 Å². The molecule has 0 bridgehead atoms. The third-order valence-electron chi connectivity index (χ3n) is 3.16. The Balaban J connectivity index is 2.33. The molecule has 20 heavy (non-hydrogen) atoms. The zero-order valence-electron chi connectivity index (χ0n) is 10.8. The molecule has 1 unspecified atom stereocenters. The van der Waals surface area contributed by atoms with Crippen molar-refractivity contribution in [3.05, 3.63) is 69.5 Å². The minimum absolute atomic E-state index is 0.0352. The van der Waals surface area contributed by atoms with E-state index in [0.717, 1.165) is 6.07 Å². The Kier molecular flexibility index (Phi) is 4.35. The van der Waals surface area contributed by atoms with Crippen molar-refractivity contribution in [1.29, 1.82) is 0 Å². The predicted octanol–water partition coefficient (Wildman–Crippen LogP) is 4.31. The van der Waals surface area contributed by atoms with Crippen molar-refractivity contribution in [3.8, 4) is 0 Å². The van der Waals surface area contributed by atoms with Gasteiger partial charge in [-0.15, -0.1) is 0 Å². The Hall–Kier alpha value is -1.52. The first-order chi connectivity index (χ1) is 9.40. The standard InChI is InChI=1S/C15H13ClF3N/c1-8-5-10(14(19)7-13(8)18)15(20)6-9-11(16)3-2-4-12(9)17/h2-5,7,15H,6,20H2,1H3. The number of hydrogen-bond donors (Lipinski definition) is 1. The van der Waals surface area contributed by atoms with Crippen LogP contribution >= 0.6 is 11.6 Å². The number of halogens is 4. The molecule has 0 saturated carbocycles. The lowest BCUT2D eigenvalue weighted by atomic mass is 9.97. The minimum atomic E-state index is -0.802. The summed E-state index contributed by atoms with van der Waals surface area (Å²) < 4.78 is 40.6. The highest BCUT2D eigenvalue weighted by atomic mass is 35.5. The normalized spacial score (nSPS) is 12.5. The van der Waals surface area contributed by atoms with Crippen LogP contribution in [0.4, 0.5) is 13.2 Å². The molecular formula is C15H13ClF3N. The van der Waals surface area contributed by atoms with Crippen LogP contribution in [0.1, 0.15) is 22.7 Å². The molecule has 0 spiro atoms. The van der Waals surface area contributed by atoms with Crippen LogP contribution in [0.15, 0.2) is 30.3 Å². The van der Waals surface area contributed by atoms with Crippen LogP contribution in [0.5, 0.6) is 0 Å². The second-order valence-corrected chi connectivity index (χ2v) is 5.04. The summed E-state index contributed by atoms with van der Waals surface area (Å²) >= 11 is 5.91. The van der Waals surface area contributed by atoms with E-state index in [1.807, 2.05) is 0 Å². The fourth-order valence-corrected chi connectivity index (χ4v) is 2.26. The van der Waals surface area contributed by atoms with Gasteiger partial charge in [-0.25, -0.2) is 13.2 Å². The van der Waals surface area contributed by atoms with Crippen molar-refractivity contribution >= 4 is 11.6 Å². The molecule has 0 aliphatic rings. The van der Waals surface area contributed by atoms with Gasteiger partial charge >= 0.3 is 0 Å². The molecule has 0 aliphatic carbocycles. The van der Waals surface area contributed by atoms with Crippen molar-refractivity contribution in [1.82, 2.24) is 0 Å². The van der Waals surface area contributed by atoms with Crippen LogP contribution in [0.2, 0.25) is 5.02 Å². The first-order valence-corrected chi connectivity index (χ1v) is 6.42. The zero-order chi connectivity index (χ0) is 14.9. The van der Waals surface area contributed by atoms with E-state index in [1.165, 1.54) is 25.1 Å². The van der Waals surface area contributed by atoms with E-state index in [-0.39, 0.29) is 28.1 Å². The molecule has 5 heteroatoms. The largest absolute Gasteiger partial charge is 0.324 e. The Morgan fingerprint density at radius 2 is 1.80 bits per heavy atom. The Morgan fingerprint density at radius 1 is 1.10 bits per heavy atom. The van der Waals surface area contributed by atoms with Crippen LogP contribution in [0.3, 0.4) is 0 Å². The Labute approximate surface area is 120 Å². The highest BCUT2D eigenvalue weighted by molar-refractivity contribution is 6.31. The molecule has 0 aromatic heterocycles. The van der Waals surface area contributed by atoms with E-state index in [1.54, 1.807) is 6.07 Å². The lowest BCUT2D eigenvalue weighted by Crippen LogP contribution is -2.16. The summed E-state index contributed by atoms with van der Waals surface area (Å²) in [6, 6.07) is 5.61. The Morgan fingerprint density at radius 3 is 2.45 bits per heavy atom. The molecule has 1 atom stereocenters. The maximum absolute atomic E-state index is 13.7. The van der Waals surface area contributed by atoms with E-state index in [9.17, 15) is 13.2 Å². The van der Waals surface area contributed by atoms with Gasteiger partial charge in [0.1, 0.15) is 17.5 Å². The Bertz CT molecular complexity index is 623. The van der Waals surface area contributed by atoms with Crippen molar-refractivity contribution < 1.29 is 13.2 Å². The van der Waals surface area contributed by atoms with Gasteiger partial charge in [-0.1, -0.05) is 17.7 Å². The number of nitrogens with two attached hydrogens (primary N) is 1. The molecule has 2 aromatic rings. The number of aryl methyl sites for hydroxylation is 1. The average molecular weight is 300 g/mol. The first kappa shape index (κ1) is 14.9. The molecule has 0 saturated heterocycles. The molecule has 0 amide bonds. The zero-order valence-corrected chi connectivity index (χ0v) is 11.5. The number of hydrogen-bond acceptors (Lipinski definition) is 1. The van der Waals surface area contributed by atoms with Crippen LogP contribution in [-0.2, 0) is 6.42 Å². The fourth-order valence-electron chi connectivity index (χ4n) is 2.02. The van der Waals surface area contributed by atoms with Crippen LogP contribution in [0.25, 0.3) is 0 Å². The smallest absolute Gasteiger partial charge is 0.130 e. The van der Waals surface area contributed by atoms with E-state index in [4.69, 9.17) is 17.3 Å². The lowest BCUT2D eigenvalue weighted by Gasteiger charge is -2.15. The van der Waals surface area contributed by atoms with Gasteiger partial charge in [0.2, 0.25) is 0 Å². The second kappa shape index (κ2) is 5.85. The SMILES string of the molecule is Cc1cc(C(N)Cc2c(F)cccc2Cl)c(F)cc1F. The third-order valence-corrected chi connectivity index (χ3v) is 3.52. The molecule has 106 valence electrons. The molecule has 2 aromatic carbocycles. The van der Waals surface area contributed by atoms with Crippen LogP contribution in [0, 0.1) is 24.4 Å². The van der Waals surface area contributed by atoms with Crippen molar-refractivity contribution in [2.75, 3.05) is 0 Å². The van der Waals surface area contributed by atoms with E-state index in [2.05, 4.69) is 0 Å². The molecule has 1 nitrogen and oxygen atoms in total. The number of benzene rings is 2. The van der Waals surface area contributed by atoms with Gasteiger partial charge in [0.15, 0.2) is 0 Å². The van der Waals surface area contributed by atoms with Crippen molar-refractivity contribution in [3.63, 3.8) is 0 Å². The van der Waals surface area contributed by atoms with Gasteiger partial charge in [0, 0.05) is 28.3 Å². The molecule has 0 heterocycles. The van der Waals surface area contributed by atoms with Crippen LogP contribution in [-0.4, -0.2) is 0 Å². The van der Waals surface area contributed by atoms with Gasteiger partial charge in [0.05, 0.1) is 0 Å². The highest BCUT2D eigenvalue weighted by Gasteiger charge is 2.17. The minimum Gasteiger partial charge on any atom is -0.324 e. The molecular weight excluding hydrogens is 287 g/mol. The van der Waals surface area contributed by atoms with Crippen LogP contribution < -0.4 is 5.73 Å². The summed E-state index contributed by atoms with van der Waals surface area (Å²) in [4.78, 5) is 0. The summed E-state index contributed by atoms with van der Waals surface area (Å²) in [6.07, 6.45) is 0.0352. The molecule has 0 radical (unpaired) electrons. The highest BCUT2D eigenvalue weighted by Crippen LogP contribution is 2.27. The monoisotopic (exact) mass is 299 g/mol. The van der Waals surface area contributed by atoms with Gasteiger partial charge in [-0.3, -0.25) is 0 Å². The molecule has 2 rings (SSSR count). The number of rotatable bonds is 3. The van der Waals surface area contributed by atoms with Crippen molar-refractivity contribution in [2.24, 2.45) is 5.73 Å². The lowest BCUT2D eigenvalue weighted by molar-refractivity contribution is 0.543. The van der Waals surface area contributed by atoms with Gasteiger partial charge < -0.3 is 5.73 Å². The van der Waals surface area contributed by atoms with E-state index < -0.39 is 23.5 Å². The summed E-state index contributed by atoms with van der Waals surface area (Å²) in [6.45, 7) is 1.51. The van der Waals surface area contributed by atoms with E-state index >= 15 is 0 Å². The molecule has 2 N–H and O–H groups in total. The topological polar surface area (TPSA) is 26.0 Å². The van der Waals surface area contributed by atoms with Gasteiger partial charge in [-0.05, 0) is 37.1 Å². The molecule has 0 fully saturated rings. The van der Waals surface area contributed by atoms with Crippen molar-refractivity contribution in [2.45, 2.75) is 19.4 Å². The summed E-state index contributed by atoms with van der Waals surface area (Å²) in [5.41, 5.74) is 6.55. The quantitative estimate of drug-likeness (QED) is 0.898. The summed E-state index contributed by atoms with van der Waals surface area (Å²) in [5.74, 6) is -1.87. The third kappa shape index (κ3) is 2.97. The summed E-state index contributed by atoms with van der Waals surface area (Å²) in [7, 11) is 0. The predicted molar refractivity (Wildman–Crippen MR) is 73.1 cm³/mol. The first-order valence-electron chi connectivity index (χ1n) is 6.04. The maximum atomic E-state index is 13.7. The summed E-state index contributed by atoms with van der Waals surface area (Å²) in [5, 5.41) is 0.236. The van der Waals surface area contributed by atoms with Gasteiger partial charge in [0.25, 0.3) is 0 Å². The molecule has 0 aliphatic heterocycles. The average Bonchev–Trinajstić information content (AvgIpc) is 2.38. The van der Waals surface area contributed by atoms with Gasteiger partial charge in [-0.2, -0.15) is 0 Å². The fraction of sp³-hybridized carbons (Fsp3) is 0.200.